The van der Waals surface area contributed by atoms with Crippen molar-refractivity contribution in [2.75, 3.05) is 12.4 Å². The minimum absolute atomic E-state index is 0.236. The van der Waals surface area contributed by atoms with E-state index in [9.17, 15) is 4.79 Å². The van der Waals surface area contributed by atoms with Gasteiger partial charge in [-0.25, -0.2) is 0 Å². The predicted molar refractivity (Wildman–Crippen MR) is 71.6 cm³/mol. The van der Waals surface area contributed by atoms with Crippen molar-refractivity contribution in [3.63, 3.8) is 0 Å². The Morgan fingerprint density at radius 2 is 2.22 bits per heavy atom. The van der Waals surface area contributed by atoms with E-state index in [1.54, 1.807) is 7.11 Å². The third-order valence-electron chi connectivity index (χ3n) is 3.95. The lowest BCUT2D eigenvalue weighted by Gasteiger charge is -2.33. The third kappa shape index (κ3) is 2.03. The van der Waals surface area contributed by atoms with Crippen LogP contribution >= 0.6 is 0 Å². The van der Waals surface area contributed by atoms with Crippen molar-refractivity contribution in [2.45, 2.75) is 31.7 Å². The number of benzene rings is 1. The van der Waals surface area contributed by atoms with Gasteiger partial charge in [-0.1, -0.05) is 25.5 Å². The number of methoxy groups -OCH3 is 1. The Morgan fingerprint density at radius 3 is 2.78 bits per heavy atom. The molecule has 3 N–H and O–H groups in total. The van der Waals surface area contributed by atoms with Crippen molar-refractivity contribution >= 4 is 11.6 Å². The molecule has 0 saturated heterocycles. The van der Waals surface area contributed by atoms with E-state index < -0.39 is 5.54 Å². The Balaban J connectivity index is 2.32. The second-order valence-electron chi connectivity index (χ2n) is 4.95. The fourth-order valence-corrected chi connectivity index (χ4v) is 2.78. The SMILES string of the molecule is COc1ccccc1NC1(C(N)=O)CCCC1C. The highest BCUT2D eigenvalue weighted by molar-refractivity contribution is 5.89. The molecule has 1 aliphatic carbocycles. The fraction of sp³-hybridized carbons (Fsp3) is 0.500. The molecule has 4 nitrogen and oxygen atoms in total. The Labute approximate surface area is 108 Å². The van der Waals surface area contributed by atoms with Gasteiger partial charge in [0.1, 0.15) is 11.3 Å². The van der Waals surface area contributed by atoms with Gasteiger partial charge in [0.05, 0.1) is 12.8 Å². The summed E-state index contributed by atoms with van der Waals surface area (Å²) in [5.41, 5.74) is 5.80. The summed E-state index contributed by atoms with van der Waals surface area (Å²) in [7, 11) is 1.62. The number of nitrogens with two attached hydrogens (primary N) is 1. The zero-order valence-electron chi connectivity index (χ0n) is 10.9. The molecule has 2 unspecified atom stereocenters. The topological polar surface area (TPSA) is 64.3 Å². The minimum atomic E-state index is -0.644. The summed E-state index contributed by atoms with van der Waals surface area (Å²) in [6.45, 7) is 2.07. The van der Waals surface area contributed by atoms with E-state index in [0.29, 0.717) is 0 Å². The lowest BCUT2D eigenvalue weighted by molar-refractivity contribution is -0.123. The van der Waals surface area contributed by atoms with Crippen LogP contribution in [0, 0.1) is 5.92 Å². The zero-order valence-corrected chi connectivity index (χ0v) is 10.9. The van der Waals surface area contributed by atoms with E-state index in [0.717, 1.165) is 30.7 Å². The molecular weight excluding hydrogens is 228 g/mol. The summed E-state index contributed by atoms with van der Waals surface area (Å²) in [5, 5.41) is 3.32. The quantitative estimate of drug-likeness (QED) is 0.858. The van der Waals surface area contributed by atoms with Crippen molar-refractivity contribution in [1.29, 1.82) is 0 Å². The highest BCUT2D eigenvalue weighted by Gasteiger charge is 2.45. The number of carbonyl (C=O) groups is 1. The molecule has 0 spiro atoms. The first-order valence-corrected chi connectivity index (χ1v) is 6.31. The number of hydrogen-bond donors (Lipinski definition) is 2. The number of primary amides is 1. The number of ether oxygens (including phenoxy) is 1. The molecule has 1 aromatic carbocycles. The Bertz CT molecular complexity index is 447. The van der Waals surface area contributed by atoms with Crippen LogP contribution in [0.15, 0.2) is 24.3 Å². The van der Waals surface area contributed by atoms with Crippen LogP contribution in [-0.4, -0.2) is 18.6 Å². The van der Waals surface area contributed by atoms with E-state index in [2.05, 4.69) is 12.2 Å². The number of para-hydroxylation sites is 2. The van der Waals surface area contributed by atoms with Crippen molar-refractivity contribution in [2.24, 2.45) is 11.7 Å². The van der Waals surface area contributed by atoms with Gasteiger partial charge in [0.25, 0.3) is 0 Å². The Hall–Kier alpha value is -1.71. The predicted octanol–water partition coefficient (Wildman–Crippen LogP) is 2.15. The normalized spacial score (nSPS) is 26.9. The van der Waals surface area contributed by atoms with E-state index in [1.807, 2.05) is 24.3 Å². The van der Waals surface area contributed by atoms with Crippen LogP contribution in [0.25, 0.3) is 0 Å². The van der Waals surface area contributed by atoms with Crippen LogP contribution in [0.5, 0.6) is 5.75 Å². The second-order valence-corrected chi connectivity index (χ2v) is 4.95. The molecule has 0 radical (unpaired) electrons. The van der Waals surface area contributed by atoms with Gasteiger partial charge in [0, 0.05) is 0 Å². The maximum atomic E-state index is 11.9. The molecular formula is C14H20N2O2. The number of rotatable bonds is 4. The maximum Gasteiger partial charge on any atom is 0.243 e. The molecule has 1 aliphatic rings. The largest absolute Gasteiger partial charge is 0.495 e. The molecule has 0 heterocycles. The molecule has 1 amide bonds. The van der Waals surface area contributed by atoms with E-state index in [1.165, 1.54) is 0 Å². The summed E-state index contributed by atoms with van der Waals surface area (Å²) >= 11 is 0. The lowest BCUT2D eigenvalue weighted by atomic mass is 9.87. The fourth-order valence-electron chi connectivity index (χ4n) is 2.78. The van der Waals surface area contributed by atoms with Crippen LogP contribution in [0.3, 0.4) is 0 Å². The first-order chi connectivity index (χ1) is 8.60. The molecule has 98 valence electrons. The van der Waals surface area contributed by atoms with Crippen molar-refractivity contribution in [1.82, 2.24) is 0 Å². The number of amides is 1. The van der Waals surface area contributed by atoms with E-state index >= 15 is 0 Å². The van der Waals surface area contributed by atoms with Crippen LogP contribution in [0.1, 0.15) is 26.2 Å². The number of nitrogens with one attached hydrogen (secondary N) is 1. The highest BCUT2D eigenvalue weighted by Crippen LogP contribution is 2.39. The number of carbonyl (C=O) groups excluding carboxylic acids is 1. The molecule has 1 saturated carbocycles. The number of anilines is 1. The van der Waals surface area contributed by atoms with Gasteiger partial charge < -0.3 is 15.8 Å². The summed E-state index contributed by atoms with van der Waals surface area (Å²) in [5.74, 6) is 0.690. The lowest BCUT2D eigenvalue weighted by Crippen LogP contribution is -2.52. The molecule has 4 heteroatoms. The smallest absolute Gasteiger partial charge is 0.243 e. The zero-order chi connectivity index (χ0) is 13.2. The summed E-state index contributed by atoms with van der Waals surface area (Å²) in [6.07, 6.45) is 2.82. The van der Waals surface area contributed by atoms with E-state index in [-0.39, 0.29) is 11.8 Å². The molecule has 2 rings (SSSR count). The van der Waals surface area contributed by atoms with Gasteiger partial charge in [-0.15, -0.1) is 0 Å². The van der Waals surface area contributed by atoms with Gasteiger partial charge in [-0.2, -0.15) is 0 Å². The average molecular weight is 248 g/mol. The van der Waals surface area contributed by atoms with Gasteiger partial charge >= 0.3 is 0 Å². The third-order valence-corrected chi connectivity index (χ3v) is 3.95. The summed E-state index contributed by atoms with van der Waals surface area (Å²) in [6, 6.07) is 7.60. The van der Waals surface area contributed by atoms with Gasteiger partial charge in [0.15, 0.2) is 0 Å². The van der Waals surface area contributed by atoms with Crippen molar-refractivity contribution in [3.05, 3.63) is 24.3 Å². The van der Waals surface area contributed by atoms with Gasteiger partial charge in [0.2, 0.25) is 5.91 Å². The highest BCUT2D eigenvalue weighted by atomic mass is 16.5. The standard InChI is InChI=1S/C14H20N2O2/c1-10-6-5-9-14(10,13(15)17)16-11-7-3-4-8-12(11)18-2/h3-4,7-8,10,16H,5-6,9H2,1-2H3,(H2,15,17). The first kappa shape index (κ1) is 12.7. The molecule has 0 bridgehead atoms. The maximum absolute atomic E-state index is 11.9. The van der Waals surface area contributed by atoms with E-state index in [4.69, 9.17) is 10.5 Å². The van der Waals surface area contributed by atoms with Crippen molar-refractivity contribution in [3.8, 4) is 5.75 Å². The van der Waals surface area contributed by atoms with Gasteiger partial charge in [-0.05, 0) is 30.9 Å². The number of hydrogen-bond acceptors (Lipinski definition) is 3. The molecule has 2 atom stereocenters. The average Bonchev–Trinajstić information content (AvgIpc) is 2.73. The van der Waals surface area contributed by atoms with Crippen LogP contribution in [0.2, 0.25) is 0 Å². The molecule has 0 aliphatic heterocycles. The van der Waals surface area contributed by atoms with Crippen LogP contribution in [0.4, 0.5) is 5.69 Å². The minimum Gasteiger partial charge on any atom is -0.495 e. The summed E-state index contributed by atoms with van der Waals surface area (Å²) in [4.78, 5) is 11.9. The summed E-state index contributed by atoms with van der Waals surface area (Å²) < 4.78 is 5.30. The molecule has 0 aromatic heterocycles. The van der Waals surface area contributed by atoms with Crippen LogP contribution in [-0.2, 0) is 4.79 Å². The van der Waals surface area contributed by atoms with Gasteiger partial charge in [-0.3, -0.25) is 4.79 Å². The van der Waals surface area contributed by atoms with Crippen LogP contribution < -0.4 is 15.8 Å². The Morgan fingerprint density at radius 1 is 1.50 bits per heavy atom. The first-order valence-electron chi connectivity index (χ1n) is 6.31. The second kappa shape index (κ2) is 4.88. The molecule has 18 heavy (non-hydrogen) atoms. The monoisotopic (exact) mass is 248 g/mol. The van der Waals surface area contributed by atoms with Crippen molar-refractivity contribution < 1.29 is 9.53 Å². The Kier molecular flexibility index (Phi) is 3.45. The molecule has 1 aromatic rings. The molecule has 1 fully saturated rings.